The van der Waals surface area contributed by atoms with Crippen molar-refractivity contribution in [2.75, 3.05) is 6.61 Å². The van der Waals surface area contributed by atoms with E-state index < -0.39 is 0 Å². The molecule has 0 aromatic carbocycles. The van der Waals surface area contributed by atoms with E-state index in [-0.39, 0.29) is 5.97 Å². The first-order valence-corrected chi connectivity index (χ1v) is 8.51. The summed E-state index contributed by atoms with van der Waals surface area (Å²) in [5.41, 5.74) is 2.36. The average molecular weight is 361 g/mol. The van der Waals surface area contributed by atoms with E-state index >= 15 is 0 Å². The van der Waals surface area contributed by atoms with Gasteiger partial charge in [0.15, 0.2) is 4.96 Å². The molecule has 0 unspecified atom stereocenters. The van der Waals surface area contributed by atoms with Crippen molar-refractivity contribution in [3.8, 4) is 11.3 Å². The van der Waals surface area contributed by atoms with Gasteiger partial charge in [-0.2, -0.15) is 0 Å². The second kappa shape index (κ2) is 5.61. The van der Waals surface area contributed by atoms with Crippen molar-refractivity contribution in [2.24, 2.45) is 0 Å². The molecule has 4 nitrogen and oxygen atoms in total. The number of thiazole rings is 1. The molecule has 0 radical (unpaired) electrons. The number of rotatable bonds is 3. The molecule has 0 spiro atoms. The molecule has 3 heterocycles. The lowest BCUT2D eigenvalue weighted by molar-refractivity contribution is 0.0531. The number of esters is 1. The molecule has 0 N–H and O–H groups in total. The molecule has 0 amide bonds. The van der Waals surface area contributed by atoms with Gasteiger partial charge >= 0.3 is 5.97 Å². The second-order valence-electron chi connectivity index (χ2n) is 4.25. The van der Waals surface area contributed by atoms with Crippen molar-refractivity contribution < 1.29 is 9.53 Å². The highest BCUT2D eigenvalue weighted by Crippen LogP contribution is 2.38. The predicted molar refractivity (Wildman–Crippen MR) is 87.1 cm³/mol. The first-order chi connectivity index (χ1) is 10.0. The molecule has 0 aliphatic heterocycles. The van der Waals surface area contributed by atoms with Crippen LogP contribution >= 0.6 is 45.9 Å². The van der Waals surface area contributed by atoms with E-state index in [4.69, 9.17) is 27.9 Å². The average Bonchev–Trinajstić information content (AvgIpc) is 3.05. The first-order valence-electron chi connectivity index (χ1n) is 6.12. The minimum Gasteiger partial charge on any atom is -0.462 e. The smallest absolute Gasteiger partial charge is 0.350 e. The van der Waals surface area contributed by atoms with E-state index in [1.807, 2.05) is 17.5 Å². The molecule has 3 aromatic heterocycles. The molecule has 0 bridgehead atoms. The lowest BCUT2D eigenvalue weighted by Gasteiger charge is -1.99. The predicted octanol–water partition coefficient (Wildman–Crippen LogP) is 4.92. The summed E-state index contributed by atoms with van der Waals surface area (Å²) in [5, 5.41) is 0. The Hall–Kier alpha value is -1.08. The summed E-state index contributed by atoms with van der Waals surface area (Å²) in [7, 11) is 0. The summed E-state index contributed by atoms with van der Waals surface area (Å²) < 4.78 is 8.13. The zero-order valence-electron chi connectivity index (χ0n) is 11.1. The van der Waals surface area contributed by atoms with Gasteiger partial charge in [-0.25, -0.2) is 9.78 Å². The Morgan fingerprint density at radius 1 is 1.43 bits per heavy atom. The van der Waals surface area contributed by atoms with Crippen LogP contribution in [0.3, 0.4) is 0 Å². The zero-order chi connectivity index (χ0) is 15.1. The van der Waals surface area contributed by atoms with Gasteiger partial charge in [0.05, 0.1) is 16.6 Å². The normalized spacial score (nSPS) is 11.2. The molecule has 0 aliphatic carbocycles. The van der Waals surface area contributed by atoms with Crippen LogP contribution in [0.25, 0.3) is 16.2 Å². The minimum atomic E-state index is -0.316. The number of carbonyl (C=O) groups excluding carboxylic acids is 1. The van der Waals surface area contributed by atoms with Crippen molar-refractivity contribution >= 4 is 56.8 Å². The number of hydrogen-bond donors (Lipinski definition) is 0. The van der Waals surface area contributed by atoms with E-state index in [1.165, 1.54) is 22.7 Å². The minimum absolute atomic E-state index is 0.316. The standard InChI is InChI=1S/C13H10Cl2N2O2S2/c1-3-19-12(18)10-6(2)17-5-8(16-13(17)21-10)7-4-9(14)20-11(7)15/h4-5H,3H2,1-2H3. The Balaban J connectivity index is 2.07. The fraction of sp³-hybridized carbons (Fsp3) is 0.231. The number of fused-ring (bicyclic) bond motifs is 1. The van der Waals surface area contributed by atoms with Gasteiger partial charge in [0.25, 0.3) is 0 Å². The fourth-order valence-corrected chi connectivity index (χ4v) is 4.46. The second-order valence-corrected chi connectivity index (χ2v) is 7.52. The van der Waals surface area contributed by atoms with Crippen LogP contribution in [0.1, 0.15) is 22.3 Å². The van der Waals surface area contributed by atoms with Crippen LogP contribution in [0.2, 0.25) is 8.67 Å². The molecular weight excluding hydrogens is 351 g/mol. The van der Waals surface area contributed by atoms with E-state index in [2.05, 4.69) is 4.98 Å². The van der Waals surface area contributed by atoms with Crippen molar-refractivity contribution in [1.82, 2.24) is 9.38 Å². The Morgan fingerprint density at radius 3 is 2.76 bits per heavy atom. The maximum atomic E-state index is 11.9. The van der Waals surface area contributed by atoms with E-state index in [1.54, 1.807) is 13.0 Å². The van der Waals surface area contributed by atoms with E-state index in [0.29, 0.717) is 20.2 Å². The summed E-state index contributed by atoms with van der Waals surface area (Å²) in [6.45, 7) is 4.00. The highest BCUT2D eigenvalue weighted by molar-refractivity contribution is 7.20. The number of imidazole rings is 1. The third-order valence-corrected chi connectivity index (χ3v) is 5.57. The monoisotopic (exact) mass is 360 g/mol. The van der Waals surface area contributed by atoms with Crippen LogP contribution < -0.4 is 0 Å². The molecule has 21 heavy (non-hydrogen) atoms. The first kappa shape index (κ1) is 14.8. The number of carbonyl (C=O) groups is 1. The number of halogens is 2. The molecule has 0 fully saturated rings. The summed E-state index contributed by atoms with van der Waals surface area (Å²) >= 11 is 14.7. The number of thiophene rings is 1. The topological polar surface area (TPSA) is 43.6 Å². The van der Waals surface area contributed by atoms with Crippen molar-refractivity contribution in [3.05, 3.63) is 31.5 Å². The Bertz CT molecular complexity index is 835. The van der Waals surface area contributed by atoms with Gasteiger partial charge in [-0.3, -0.25) is 4.40 Å². The van der Waals surface area contributed by atoms with Crippen molar-refractivity contribution in [3.63, 3.8) is 0 Å². The number of aromatic nitrogens is 2. The highest BCUT2D eigenvalue weighted by Gasteiger charge is 2.20. The molecular formula is C13H10Cl2N2O2S2. The summed E-state index contributed by atoms with van der Waals surface area (Å²) in [4.78, 5) is 17.7. The maximum absolute atomic E-state index is 11.9. The van der Waals surface area contributed by atoms with Crippen LogP contribution in [0, 0.1) is 6.92 Å². The van der Waals surface area contributed by atoms with Gasteiger partial charge in [-0.15, -0.1) is 11.3 Å². The third kappa shape index (κ3) is 2.57. The van der Waals surface area contributed by atoms with Gasteiger partial charge < -0.3 is 4.74 Å². The number of ether oxygens (including phenoxy) is 1. The fourth-order valence-electron chi connectivity index (χ4n) is 1.98. The van der Waals surface area contributed by atoms with E-state index in [9.17, 15) is 4.79 Å². The quantitative estimate of drug-likeness (QED) is 0.622. The summed E-state index contributed by atoms with van der Waals surface area (Å²) in [6, 6.07) is 1.79. The number of nitrogens with zero attached hydrogens (tertiary/aromatic N) is 2. The van der Waals surface area contributed by atoms with Gasteiger partial charge in [0.2, 0.25) is 0 Å². The van der Waals surface area contributed by atoms with Gasteiger partial charge in [0, 0.05) is 17.5 Å². The maximum Gasteiger partial charge on any atom is 0.350 e. The molecule has 8 heteroatoms. The van der Waals surface area contributed by atoms with Crippen LogP contribution in [0.15, 0.2) is 12.3 Å². The third-order valence-electron chi connectivity index (χ3n) is 2.95. The van der Waals surface area contributed by atoms with Gasteiger partial charge in [-0.05, 0) is 19.9 Å². The van der Waals surface area contributed by atoms with E-state index in [0.717, 1.165) is 21.9 Å². The Morgan fingerprint density at radius 2 is 2.19 bits per heavy atom. The number of aryl methyl sites for hydroxylation is 1. The largest absolute Gasteiger partial charge is 0.462 e. The van der Waals surface area contributed by atoms with Crippen LogP contribution in [0.4, 0.5) is 0 Å². The zero-order valence-corrected chi connectivity index (χ0v) is 14.3. The Labute approximate surface area is 138 Å². The summed E-state index contributed by atoms with van der Waals surface area (Å²) in [6.07, 6.45) is 1.86. The SMILES string of the molecule is CCOC(=O)c1sc2nc(-c3cc(Cl)sc3Cl)cn2c1C. The summed E-state index contributed by atoms with van der Waals surface area (Å²) in [5.74, 6) is -0.316. The molecule has 3 aromatic rings. The lowest BCUT2D eigenvalue weighted by atomic mass is 10.3. The molecule has 0 saturated carbocycles. The highest BCUT2D eigenvalue weighted by atomic mass is 35.5. The molecule has 110 valence electrons. The van der Waals surface area contributed by atoms with Crippen LogP contribution in [-0.2, 0) is 4.74 Å². The van der Waals surface area contributed by atoms with Gasteiger partial charge in [0.1, 0.15) is 9.21 Å². The Kier molecular flexibility index (Phi) is 3.96. The molecule has 0 atom stereocenters. The van der Waals surface area contributed by atoms with Gasteiger partial charge in [-0.1, -0.05) is 34.5 Å². The van der Waals surface area contributed by atoms with Crippen LogP contribution in [0.5, 0.6) is 0 Å². The number of hydrogen-bond acceptors (Lipinski definition) is 5. The lowest BCUT2D eigenvalue weighted by Crippen LogP contribution is -2.04. The van der Waals surface area contributed by atoms with Crippen LogP contribution in [-0.4, -0.2) is 22.0 Å². The van der Waals surface area contributed by atoms with Crippen molar-refractivity contribution in [1.29, 1.82) is 0 Å². The van der Waals surface area contributed by atoms with Crippen molar-refractivity contribution in [2.45, 2.75) is 13.8 Å². The molecule has 3 rings (SSSR count). The molecule has 0 aliphatic rings. The molecule has 0 saturated heterocycles.